The van der Waals surface area contributed by atoms with Gasteiger partial charge >= 0.3 is 0 Å². The second kappa shape index (κ2) is 15.1. The molecule has 0 saturated heterocycles. The lowest BCUT2D eigenvalue weighted by Gasteiger charge is -2.34. The maximum atomic E-state index is 2.49. The van der Waals surface area contributed by atoms with Crippen molar-refractivity contribution in [3.8, 4) is 0 Å². The molecule has 0 aromatic carbocycles. The highest BCUT2D eigenvalue weighted by molar-refractivity contribution is 4.78. The molecule has 1 aliphatic rings. The SMILES string of the molecule is CCCCCCCC(C)CCC(C)CCCCCCC1CC(CC)C1. The zero-order chi connectivity index (χ0) is 18.3. The Labute approximate surface area is 160 Å². The van der Waals surface area contributed by atoms with Gasteiger partial charge in [0.2, 0.25) is 0 Å². The van der Waals surface area contributed by atoms with Crippen molar-refractivity contribution in [2.24, 2.45) is 23.7 Å². The topological polar surface area (TPSA) is 0 Å². The van der Waals surface area contributed by atoms with Gasteiger partial charge in [0.25, 0.3) is 0 Å². The zero-order valence-electron chi connectivity index (χ0n) is 18.3. The number of hydrogen-bond acceptors (Lipinski definition) is 0. The van der Waals surface area contributed by atoms with Gasteiger partial charge in [-0.15, -0.1) is 0 Å². The normalized spacial score (nSPS) is 22.6. The second-order valence-corrected chi connectivity index (χ2v) is 9.59. The highest BCUT2D eigenvalue weighted by Gasteiger charge is 2.26. The molecule has 0 bridgehead atoms. The van der Waals surface area contributed by atoms with Crippen molar-refractivity contribution >= 4 is 0 Å². The highest BCUT2D eigenvalue weighted by Crippen LogP contribution is 2.39. The zero-order valence-corrected chi connectivity index (χ0v) is 18.3. The van der Waals surface area contributed by atoms with Gasteiger partial charge in [0.1, 0.15) is 0 Å². The van der Waals surface area contributed by atoms with E-state index < -0.39 is 0 Å². The Morgan fingerprint density at radius 1 is 0.600 bits per heavy atom. The molecule has 1 fully saturated rings. The quantitative estimate of drug-likeness (QED) is 0.229. The fraction of sp³-hybridized carbons (Fsp3) is 1.00. The molecule has 0 amide bonds. The molecule has 0 aliphatic heterocycles. The Morgan fingerprint density at radius 2 is 1.12 bits per heavy atom. The number of unbranched alkanes of at least 4 members (excludes halogenated alkanes) is 7. The van der Waals surface area contributed by atoms with E-state index in [-0.39, 0.29) is 0 Å². The van der Waals surface area contributed by atoms with Gasteiger partial charge in [0, 0.05) is 0 Å². The van der Waals surface area contributed by atoms with E-state index in [1.54, 1.807) is 12.8 Å². The van der Waals surface area contributed by atoms with E-state index in [1.165, 1.54) is 96.3 Å². The van der Waals surface area contributed by atoms with Crippen LogP contribution in [0.5, 0.6) is 0 Å². The molecule has 0 nitrogen and oxygen atoms in total. The van der Waals surface area contributed by atoms with E-state index in [0.29, 0.717) is 0 Å². The van der Waals surface area contributed by atoms with Crippen LogP contribution in [0.1, 0.15) is 137 Å². The molecule has 150 valence electrons. The minimum absolute atomic E-state index is 0.957. The largest absolute Gasteiger partial charge is 0.0654 e. The van der Waals surface area contributed by atoms with Crippen LogP contribution < -0.4 is 0 Å². The summed E-state index contributed by atoms with van der Waals surface area (Å²) < 4.78 is 0. The van der Waals surface area contributed by atoms with E-state index in [4.69, 9.17) is 0 Å². The first kappa shape index (κ1) is 23.0. The first-order valence-electron chi connectivity index (χ1n) is 12.2. The van der Waals surface area contributed by atoms with E-state index in [0.717, 1.165) is 23.7 Å². The van der Waals surface area contributed by atoms with Crippen LogP contribution in [0.2, 0.25) is 0 Å². The van der Waals surface area contributed by atoms with Crippen molar-refractivity contribution in [3.63, 3.8) is 0 Å². The molecule has 1 saturated carbocycles. The van der Waals surface area contributed by atoms with Crippen LogP contribution in [0.15, 0.2) is 0 Å². The average Bonchev–Trinajstić information content (AvgIpc) is 2.57. The summed E-state index contributed by atoms with van der Waals surface area (Å²) in [6.07, 6.45) is 25.1. The van der Waals surface area contributed by atoms with Gasteiger partial charge < -0.3 is 0 Å². The van der Waals surface area contributed by atoms with Gasteiger partial charge in [-0.1, -0.05) is 124 Å². The van der Waals surface area contributed by atoms with E-state index in [9.17, 15) is 0 Å². The molecule has 0 heterocycles. The maximum absolute atomic E-state index is 2.49. The lowest BCUT2D eigenvalue weighted by atomic mass is 9.71. The predicted molar refractivity (Wildman–Crippen MR) is 115 cm³/mol. The molecule has 0 aromatic heterocycles. The molecule has 1 rings (SSSR count). The molecule has 0 heteroatoms. The summed E-state index contributed by atoms with van der Waals surface area (Å²) in [7, 11) is 0. The Kier molecular flexibility index (Phi) is 13.9. The van der Waals surface area contributed by atoms with E-state index >= 15 is 0 Å². The molecule has 0 radical (unpaired) electrons. The lowest BCUT2D eigenvalue weighted by Crippen LogP contribution is -2.22. The van der Waals surface area contributed by atoms with E-state index in [2.05, 4.69) is 27.7 Å². The third-order valence-electron chi connectivity index (χ3n) is 6.92. The van der Waals surface area contributed by atoms with Crippen molar-refractivity contribution < 1.29 is 0 Å². The Morgan fingerprint density at radius 3 is 1.64 bits per heavy atom. The maximum Gasteiger partial charge on any atom is -0.0409 e. The van der Waals surface area contributed by atoms with Gasteiger partial charge in [-0.25, -0.2) is 0 Å². The Bertz CT molecular complexity index is 276. The first-order chi connectivity index (χ1) is 12.2. The summed E-state index contributed by atoms with van der Waals surface area (Å²) in [5, 5.41) is 0. The summed E-state index contributed by atoms with van der Waals surface area (Å²) in [4.78, 5) is 0. The van der Waals surface area contributed by atoms with Crippen LogP contribution in [0.25, 0.3) is 0 Å². The average molecular weight is 351 g/mol. The highest BCUT2D eigenvalue weighted by atomic mass is 14.3. The Hall–Kier alpha value is 0. The number of rotatable bonds is 17. The van der Waals surface area contributed by atoms with Crippen molar-refractivity contribution in [2.75, 3.05) is 0 Å². The minimum atomic E-state index is 0.957. The third kappa shape index (κ3) is 12.1. The summed E-state index contributed by atoms with van der Waals surface area (Å²) in [6, 6.07) is 0. The van der Waals surface area contributed by atoms with Crippen molar-refractivity contribution in [2.45, 2.75) is 137 Å². The lowest BCUT2D eigenvalue weighted by molar-refractivity contribution is 0.173. The molecule has 2 atom stereocenters. The van der Waals surface area contributed by atoms with Crippen molar-refractivity contribution in [1.82, 2.24) is 0 Å². The fourth-order valence-electron chi connectivity index (χ4n) is 4.68. The second-order valence-electron chi connectivity index (χ2n) is 9.59. The fourth-order valence-corrected chi connectivity index (χ4v) is 4.68. The summed E-state index contributed by atoms with van der Waals surface area (Å²) in [6.45, 7) is 9.64. The van der Waals surface area contributed by atoms with Crippen molar-refractivity contribution in [1.29, 1.82) is 0 Å². The molecular weight excluding hydrogens is 300 g/mol. The molecule has 2 unspecified atom stereocenters. The molecule has 1 aliphatic carbocycles. The van der Waals surface area contributed by atoms with Crippen LogP contribution in [-0.4, -0.2) is 0 Å². The third-order valence-corrected chi connectivity index (χ3v) is 6.92. The van der Waals surface area contributed by atoms with Crippen LogP contribution >= 0.6 is 0 Å². The van der Waals surface area contributed by atoms with Gasteiger partial charge in [-0.05, 0) is 36.5 Å². The summed E-state index contributed by atoms with van der Waals surface area (Å²) in [5.41, 5.74) is 0. The smallest absolute Gasteiger partial charge is 0.0409 e. The molecule has 0 spiro atoms. The van der Waals surface area contributed by atoms with Crippen LogP contribution in [-0.2, 0) is 0 Å². The van der Waals surface area contributed by atoms with Crippen LogP contribution in [0.4, 0.5) is 0 Å². The van der Waals surface area contributed by atoms with Crippen LogP contribution in [0.3, 0.4) is 0 Å². The summed E-state index contributed by atoms with van der Waals surface area (Å²) in [5.74, 6) is 4.11. The minimum Gasteiger partial charge on any atom is -0.0654 e. The molecule has 0 N–H and O–H groups in total. The Balaban J connectivity index is 1.82. The van der Waals surface area contributed by atoms with Gasteiger partial charge in [0.15, 0.2) is 0 Å². The predicted octanol–water partition coefficient (Wildman–Crippen LogP) is 9.18. The molecule has 0 aromatic rings. The van der Waals surface area contributed by atoms with Gasteiger partial charge in [-0.3, -0.25) is 0 Å². The standard InChI is InChI=1S/C25H50/c1-5-7-8-9-12-15-22(3)18-19-23(4)16-13-10-11-14-17-25-20-24(6-2)21-25/h22-25H,5-21H2,1-4H3. The van der Waals surface area contributed by atoms with Crippen molar-refractivity contribution in [3.05, 3.63) is 0 Å². The molecular formula is C25H50. The monoisotopic (exact) mass is 350 g/mol. The van der Waals surface area contributed by atoms with Gasteiger partial charge in [-0.2, -0.15) is 0 Å². The van der Waals surface area contributed by atoms with Gasteiger partial charge in [0.05, 0.1) is 0 Å². The first-order valence-corrected chi connectivity index (χ1v) is 12.2. The van der Waals surface area contributed by atoms with Crippen LogP contribution in [0, 0.1) is 23.7 Å². The van der Waals surface area contributed by atoms with E-state index in [1.807, 2.05) is 0 Å². The number of hydrogen-bond donors (Lipinski definition) is 0. The molecule has 25 heavy (non-hydrogen) atoms. The summed E-state index contributed by atoms with van der Waals surface area (Å²) >= 11 is 0.